The predicted octanol–water partition coefficient (Wildman–Crippen LogP) is 5.98. The summed E-state index contributed by atoms with van der Waals surface area (Å²) in [5.41, 5.74) is 4.25. The Morgan fingerprint density at radius 3 is 2.43 bits per heavy atom. The molecule has 5 aromatic rings. The summed E-state index contributed by atoms with van der Waals surface area (Å²) in [6, 6.07) is 17.7. The van der Waals surface area contributed by atoms with Gasteiger partial charge in [0.05, 0.1) is 35.0 Å². The normalized spacial score (nSPS) is 14.2. The van der Waals surface area contributed by atoms with Crippen molar-refractivity contribution < 1.29 is 24.2 Å². The average molecular weight is 673 g/mol. The van der Waals surface area contributed by atoms with Crippen molar-refractivity contribution in [2.75, 3.05) is 13.7 Å². The standard InChI is InChI=1S/C34H27Cl2N5O6/c1-47-32-20(16-40(34(45)46)17-22-9-11-29(43)38-22)8-10-27(39-32)26-7-3-6-25(31(26)36)24-5-2-4-23(30(24)35)19-12-13-41-28(14-19)37-15-21(18-42)33(41)44/h2-8,10,12-15,18,22H,9,11,16-17H2,1H3,(H,38,43)(H,45,46)/t22-/m0/s1. The largest absolute Gasteiger partial charge is 0.481 e. The number of carbonyl (C=O) groups excluding carboxylic acids is 2. The number of fused-ring (bicyclic) bond motifs is 1. The van der Waals surface area contributed by atoms with Crippen molar-refractivity contribution in [3.05, 3.63) is 105 Å². The number of ether oxygens (including phenoxy) is 1. The van der Waals surface area contributed by atoms with Crippen LogP contribution in [0.25, 0.3) is 39.2 Å². The molecule has 13 heteroatoms. The summed E-state index contributed by atoms with van der Waals surface area (Å²) in [7, 11) is 1.46. The highest BCUT2D eigenvalue weighted by atomic mass is 35.5. The topological polar surface area (TPSA) is 143 Å². The molecule has 1 aliphatic heterocycles. The minimum atomic E-state index is -1.12. The van der Waals surface area contributed by atoms with E-state index in [1.807, 2.05) is 36.4 Å². The summed E-state index contributed by atoms with van der Waals surface area (Å²) in [5.74, 6) is 0.158. The van der Waals surface area contributed by atoms with Crippen LogP contribution in [0.5, 0.6) is 5.88 Å². The monoisotopic (exact) mass is 671 g/mol. The van der Waals surface area contributed by atoms with Gasteiger partial charge in [-0.1, -0.05) is 59.6 Å². The molecule has 1 fully saturated rings. The zero-order valence-corrected chi connectivity index (χ0v) is 26.5. The highest BCUT2D eigenvalue weighted by molar-refractivity contribution is 6.39. The number of aldehydes is 1. The lowest BCUT2D eigenvalue weighted by Crippen LogP contribution is -2.41. The Hall–Kier alpha value is -5.26. The van der Waals surface area contributed by atoms with Gasteiger partial charge in [0.25, 0.3) is 5.56 Å². The third-order valence-corrected chi connectivity index (χ3v) is 8.84. The zero-order chi connectivity index (χ0) is 33.2. The molecule has 11 nitrogen and oxygen atoms in total. The highest BCUT2D eigenvalue weighted by Gasteiger charge is 2.26. The first-order valence-corrected chi connectivity index (χ1v) is 15.3. The number of nitrogens with one attached hydrogen (secondary N) is 1. The zero-order valence-electron chi connectivity index (χ0n) is 24.9. The van der Waals surface area contributed by atoms with Crippen LogP contribution in [0.1, 0.15) is 28.8 Å². The summed E-state index contributed by atoms with van der Waals surface area (Å²) in [6.07, 6.45) is 3.10. The summed E-state index contributed by atoms with van der Waals surface area (Å²) < 4.78 is 6.85. The average Bonchev–Trinajstić information content (AvgIpc) is 3.49. The van der Waals surface area contributed by atoms with E-state index in [0.717, 1.165) is 0 Å². The first-order valence-electron chi connectivity index (χ1n) is 14.5. The molecule has 2 N–H and O–H groups in total. The molecule has 4 heterocycles. The van der Waals surface area contributed by atoms with Crippen LogP contribution in [0.4, 0.5) is 4.79 Å². The quantitative estimate of drug-likeness (QED) is 0.182. The highest BCUT2D eigenvalue weighted by Crippen LogP contribution is 2.42. The fraction of sp³-hybridized carbons (Fsp3) is 0.176. The Morgan fingerprint density at radius 1 is 1.06 bits per heavy atom. The maximum absolute atomic E-state index is 12.5. The van der Waals surface area contributed by atoms with Crippen LogP contribution in [-0.4, -0.2) is 62.4 Å². The second kappa shape index (κ2) is 13.2. The third kappa shape index (κ3) is 6.27. The molecule has 0 bridgehead atoms. The number of hydrogen-bond acceptors (Lipinski definition) is 7. The lowest BCUT2D eigenvalue weighted by atomic mass is 9.97. The van der Waals surface area contributed by atoms with Crippen molar-refractivity contribution in [2.45, 2.75) is 25.4 Å². The Morgan fingerprint density at radius 2 is 1.77 bits per heavy atom. The van der Waals surface area contributed by atoms with Gasteiger partial charge in [0.2, 0.25) is 11.8 Å². The first kappa shape index (κ1) is 31.7. The van der Waals surface area contributed by atoms with Crippen molar-refractivity contribution in [1.29, 1.82) is 0 Å². The fourth-order valence-corrected chi connectivity index (χ4v) is 6.31. The van der Waals surface area contributed by atoms with E-state index in [-0.39, 0.29) is 36.5 Å². The maximum atomic E-state index is 12.5. The summed E-state index contributed by atoms with van der Waals surface area (Å²) >= 11 is 14.0. The molecule has 0 aliphatic carbocycles. The van der Waals surface area contributed by atoms with Crippen LogP contribution in [0.2, 0.25) is 10.0 Å². The van der Waals surface area contributed by atoms with Gasteiger partial charge in [-0.3, -0.25) is 18.8 Å². The summed E-state index contributed by atoms with van der Waals surface area (Å²) in [4.78, 5) is 57.4. The minimum Gasteiger partial charge on any atom is -0.481 e. The molecule has 2 aromatic carbocycles. The fourth-order valence-electron chi connectivity index (χ4n) is 5.65. The van der Waals surface area contributed by atoms with E-state index in [2.05, 4.69) is 15.3 Å². The Labute approximate surface area is 278 Å². The molecular weight excluding hydrogens is 645 g/mol. The van der Waals surface area contributed by atoms with Crippen molar-refractivity contribution in [2.24, 2.45) is 0 Å². The molecule has 47 heavy (non-hydrogen) atoms. The van der Waals surface area contributed by atoms with Gasteiger partial charge in [-0.05, 0) is 36.2 Å². The van der Waals surface area contributed by atoms with Gasteiger partial charge in [-0.15, -0.1) is 0 Å². The van der Waals surface area contributed by atoms with E-state index in [4.69, 9.17) is 27.9 Å². The first-order chi connectivity index (χ1) is 22.7. The molecule has 0 unspecified atom stereocenters. The molecule has 238 valence electrons. The number of carboxylic acid groups (broad SMARTS) is 1. The predicted molar refractivity (Wildman–Crippen MR) is 177 cm³/mol. The summed E-state index contributed by atoms with van der Waals surface area (Å²) in [5, 5.41) is 13.4. The van der Waals surface area contributed by atoms with Crippen molar-refractivity contribution in [1.82, 2.24) is 24.6 Å². The smallest absolute Gasteiger partial charge is 0.407 e. The number of methoxy groups -OCH3 is 1. The molecule has 0 radical (unpaired) electrons. The number of hydrogen-bond donors (Lipinski definition) is 2. The number of rotatable bonds is 9. The van der Waals surface area contributed by atoms with Gasteiger partial charge in [0, 0.05) is 59.2 Å². The van der Waals surface area contributed by atoms with Gasteiger partial charge in [0.1, 0.15) is 5.65 Å². The van der Waals surface area contributed by atoms with E-state index in [1.54, 1.807) is 30.5 Å². The number of pyridine rings is 2. The number of aromatic nitrogens is 3. The van der Waals surface area contributed by atoms with Crippen LogP contribution in [0, 0.1) is 0 Å². The Kier molecular flexibility index (Phi) is 8.93. The van der Waals surface area contributed by atoms with Gasteiger partial charge in [-0.25, -0.2) is 14.8 Å². The van der Waals surface area contributed by atoms with E-state index < -0.39 is 11.7 Å². The van der Waals surface area contributed by atoms with Gasteiger partial charge in [-0.2, -0.15) is 0 Å². The molecule has 1 atom stereocenters. The summed E-state index contributed by atoms with van der Waals surface area (Å²) in [6.45, 7) is 0.167. The number of halogens is 2. The minimum absolute atomic E-state index is 0.0194. The molecule has 2 amide bonds. The van der Waals surface area contributed by atoms with Gasteiger partial charge in [0.15, 0.2) is 6.29 Å². The molecule has 6 rings (SSSR count). The lowest BCUT2D eigenvalue weighted by molar-refractivity contribution is -0.119. The maximum Gasteiger partial charge on any atom is 0.407 e. The van der Waals surface area contributed by atoms with E-state index in [9.17, 15) is 24.3 Å². The third-order valence-electron chi connectivity index (χ3n) is 8.03. The van der Waals surface area contributed by atoms with Crippen LogP contribution < -0.4 is 15.6 Å². The SMILES string of the molecule is COc1nc(-c2cccc(-c3cccc(-c4ccn5c(=O)c(C=O)cnc5c4)c3Cl)c2Cl)ccc1CN(C[C@@H]1CCC(=O)N1)C(=O)O. The Balaban J connectivity index is 1.32. The second-order valence-electron chi connectivity index (χ2n) is 10.9. The van der Waals surface area contributed by atoms with Gasteiger partial charge >= 0.3 is 6.09 Å². The van der Waals surface area contributed by atoms with Gasteiger partial charge < -0.3 is 20.1 Å². The van der Waals surface area contributed by atoms with Crippen molar-refractivity contribution in [3.8, 4) is 39.4 Å². The molecule has 1 aliphatic rings. The van der Waals surface area contributed by atoms with Crippen molar-refractivity contribution >= 4 is 47.1 Å². The van der Waals surface area contributed by atoms with E-state index in [0.29, 0.717) is 73.9 Å². The number of carbonyl (C=O) groups is 3. The lowest BCUT2D eigenvalue weighted by Gasteiger charge is -2.23. The van der Waals surface area contributed by atoms with Crippen molar-refractivity contribution in [3.63, 3.8) is 0 Å². The molecular formula is C34H27Cl2N5O6. The Bertz CT molecular complexity index is 2120. The molecule has 0 spiro atoms. The molecule has 0 saturated carbocycles. The van der Waals surface area contributed by atoms with E-state index >= 15 is 0 Å². The molecule has 3 aromatic heterocycles. The van der Waals surface area contributed by atoms with Crippen LogP contribution in [-0.2, 0) is 11.3 Å². The van der Waals surface area contributed by atoms with E-state index in [1.165, 1.54) is 22.6 Å². The number of benzene rings is 2. The number of nitrogens with zero attached hydrogens (tertiary/aromatic N) is 4. The molecule has 1 saturated heterocycles. The van der Waals surface area contributed by atoms with Crippen LogP contribution >= 0.6 is 23.2 Å². The van der Waals surface area contributed by atoms with Crippen LogP contribution in [0.3, 0.4) is 0 Å². The van der Waals surface area contributed by atoms with Crippen LogP contribution in [0.15, 0.2) is 77.9 Å². The number of amides is 2. The second-order valence-corrected chi connectivity index (χ2v) is 11.7.